The van der Waals surface area contributed by atoms with E-state index in [1.54, 1.807) is 6.07 Å². The Morgan fingerprint density at radius 3 is 2.53 bits per heavy atom. The van der Waals surface area contributed by atoms with Crippen molar-refractivity contribution in [2.45, 2.75) is 12.5 Å². The van der Waals surface area contributed by atoms with Crippen LogP contribution in [0, 0.1) is 0 Å². The smallest absolute Gasteiger partial charge is 0.285 e. The fourth-order valence-electron chi connectivity index (χ4n) is 1.38. The molecule has 0 radical (unpaired) electrons. The van der Waals surface area contributed by atoms with Gasteiger partial charge in [0.15, 0.2) is 0 Å². The van der Waals surface area contributed by atoms with Crippen molar-refractivity contribution in [1.29, 1.82) is 0 Å². The van der Waals surface area contributed by atoms with Crippen molar-refractivity contribution >= 4 is 0 Å². The summed E-state index contributed by atoms with van der Waals surface area (Å²) in [6.07, 6.45) is 0. The van der Waals surface area contributed by atoms with E-state index < -0.39 is 12.5 Å². The van der Waals surface area contributed by atoms with Gasteiger partial charge in [-0.2, -0.15) is 8.78 Å². The van der Waals surface area contributed by atoms with Crippen LogP contribution in [0.5, 0.6) is 0 Å². The first kappa shape index (κ1) is 12.1. The second kappa shape index (κ2) is 4.68. The lowest BCUT2D eigenvalue weighted by Gasteiger charge is -2.16. The first-order valence-corrected chi connectivity index (χ1v) is 4.78. The van der Waals surface area contributed by atoms with Gasteiger partial charge < -0.3 is 10.6 Å². The SMILES string of the molecule is CN(C)Cc1cccc(C(F)(F)CN)c1. The van der Waals surface area contributed by atoms with E-state index >= 15 is 0 Å². The molecule has 0 heterocycles. The van der Waals surface area contributed by atoms with Crippen LogP contribution in [-0.4, -0.2) is 25.5 Å². The Balaban J connectivity index is 2.92. The van der Waals surface area contributed by atoms with Gasteiger partial charge in [0, 0.05) is 12.1 Å². The third kappa shape index (κ3) is 3.25. The average Bonchev–Trinajstić information content (AvgIpc) is 2.17. The molecule has 0 saturated heterocycles. The Labute approximate surface area is 88.7 Å². The lowest BCUT2D eigenvalue weighted by Crippen LogP contribution is -2.25. The molecule has 2 N–H and O–H groups in total. The molecule has 0 spiro atoms. The Morgan fingerprint density at radius 2 is 2.00 bits per heavy atom. The molecule has 1 aromatic rings. The first-order chi connectivity index (χ1) is 6.95. The van der Waals surface area contributed by atoms with Gasteiger partial charge in [0.05, 0.1) is 6.54 Å². The number of hydrogen-bond donors (Lipinski definition) is 1. The highest BCUT2D eigenvalue weighted by Gasteiger charge is 2.29. The Bertz CT molecular complexity index is 324. The van der Waals surface area contributed by atoms with Gasteiger partial charge in [0.1, 0.15) is 0 Å². The lowest BCUT2D eigenvalue weighted by atomic mass is 10.1. The molecule has 84 valence electrons. The van der Waals surface area contributed by atoms with E-state index in [9.17, 15) is 8.78 Å². The van der Waals surface area contributed by atoms with Crippen LogP contribution in [0.2, 0.25) is 0 Å². The molecule has 0 bridgehead atoms. The second-order valence-corrected chi connectivity index (χ2v) is 3.85. The largest absolute Gasteiger partial charge is 0.325 e. The van der Waals surface area contributed by atoms with Crippen molar-refractivity contribution in [3.8, 4) is 0 Å². The summed E-state index contributed by atoms with van der Waals surface area (Å²) in [5, 5.41) is 0. The molecule has 0 unspecified atom stereocenters. The van der Waals surface area contributed by atoms with Crippen molar-refractivity contribution in [3.05, 3.63) is 35.4 Å². The minimum Gasteiger partial charge on any atom is -0.325 e. The van der Waals surface area contributed by atoms with Crippen LogP contribution >= 0.6 is 0 Å². The maximum Gasteiger partial charge on any atom is 0.285 e. The van der Waals surface area contributed by atoms with Gasteiger partial charge in [-0.15, -0.1) is 0 Å². The molecule has 0 amide bonds. The minimum atomic E-state index is -2.93. The summed E-state index contributed by atoms with van der Waals surface area (Å²) >= 11 is 0. The second-order valence-electron chi connectivity index (χ2n) is 3.85. The summed E-state index contributed by atoms with van der Waals surface area (Å²) in [6.45, 7) is -0.00703. The van der Waals surface area contributed by atoms with Crippen LogP contribution < -0.4 is 5.73 Å². The predicted molar refractivity (Wildman–Crippen MR) is 56.8 cm³/mol. The molecule has 0 saturated carbocycles. The third-order valence-electron chi connectivity index (χ3n) is 2.10. The van der Waals surface area contributed by atoms with E-state index in [1.165, 1.54) is 12.1 Å². The standard InChI is InChI=1S/C11H16F2N2/c1-15(2)7-9-4-3-5-10(6-9)11(12,13)8-14/h3-6H,7-8,14H2,1-2H3. The Morgan fingerprint density at radius 1 is 1.33 bits per heavy atom. The van der Waals surface area contributed by atoms with Crippen LogP contribution in [0.3, 0.4) is 0 Å². The molecule has 0 atom stereocenters. The van der Waals surface area contributed by atoms with E-state index in [2.05, 4.69) is 0 Å². The molecule has 0 aliphatic rings. The zero-order valence-corrected chi connectivity index (χ0v) is 9.00. The molecule has 15 heavy (non-hydrogen) atoms. The number of rotatable bonds is 4. The van der Waals surface area contributed by atoms with Gasteiger partial charge in [-0.25, -0.2) is 0 Å². The summed E-state index contributed by atoms with van der Waals surface area (Å²) in [4.78, 5) is 1.93. The zero-order valence-electron chi connectivity index (χ0n) is 9.00. The van der Waals surface area contributed by atoms with Crippen molar-refractivity contribution in [2.24, 2.45) is 5.73 Å². The summed E-state index contributed by atoms with van der Waals surface area (Å²) in [6, 6.07) is 6.38. The van der Waals surface area contributed by atoms with Gasteiger partial charge in [-0.05, 0) is 25.7 Å². The molecule has 1 aromatic carbocycles. The molecular formula is C11H16F2N2. The van der Waals surface area contributed by atoms with Crippen LogP contribution in [0.1, 0.15) is 11.1 Å². The number of hydrogen-bond acceptors (Lipinski definition) is 2. The van der Waals surface area contributed by atoms with E-state index in [0.29, 0.717) is 6.54 Å². The van der Waals surface area contributed by atoms with Gasteiger partial charge in [0.2, 0.25) is 0 Å². The monoisotopic (exact) mass is 214 g/mol. The van der Waals surface area contributed by atoms with Crippen molar-refractivity contribution in [3.63, 3.8) is 0 Å². The van der Waals surface area contributed by atoms with Crippen LogP contribution in [0.25, 0.3) is 0 Å². The number of alkyl halides is 2. The summed E-state index contributed by atoms with van der Waals surface area (Å²) in [5.74, 6) is -2.93. The highest BCUT2D eigenvalue weighted by atomic mass is 19.3. The molecule has 4 heteroatoms. The number of nitrogens with zero attached hydrogens (tertiary/aromatic N) is 1. The summed E-state index contributed by atoms with van der Waals surface area (Å²) in [5.41, 5.74) is 5.89. The predicted octanol–water partition coefficient (Wildman–Crippen LogP) is 1.80. The zero-order chi connectivity index (χ0) is 11.5. The van der Waals surface area contributed by atoms with Crippen molar-refractivity contribution < 1.29 is 8.78 Å². The van der Waals surface area contributed by atoms with Crippen molar-refractivity contribution in [1.82, 2.24) is 4.90 Å². The molecule has 0 fully saturated rings. The van der Waals surface area contributed by atoms with Gasteiger partial charge in [-0.3, -0.25) is 0 Å². The lowest BCUT2D eigenvalue weighted by molar-refractivity contribution is 0.00584. The highest BCUT2D eigenvalue weighted by Crippen LogP contribution is 2.27. The Kier molecular flexibility index (Phi) is 3.77. The number of nitrogens with two attached hydrogens (primary N) is 1. The quantitative estimate of drug-likeness (QED) is 0.828. The molecule has 0 aliphatic carbocycles. The maximum absolute atomic E-state index is 13.3. The Hall–Kier alpha value is -1.00. The van der Waals surface area contributed by atoms with Gasteiger partial charge in [0.25, 0.3) is 5.92 Å². The third-order valence-corrected chi connectivity index (χ3v) is 2.10. The highest BCUT2D eigenvalue weighted by molar-refractivity contribution is 5.27. The molecule has 0 aliphatic heterocycles. The summed E-state index contributed by atoms with van der Waals surface area (Å²) in [7, 11) is 3.79. The maximum atomic E-state index is 13.3. The van der Waals surface area contributed by atoms with Crippen LogP contribution in [-0.2, 0) is 12.5 Å². The molecule has 0 aromatic heterocycles. The van der Waals surface area contributed by atoms with Gasteiger partial charge >= 0.3 is 0 Å². The average molecular weight is 214 g/mol. The topological polar surface area (TPSA) is 29.3 Å². The molecular weight excluding hydrogens is 198 g/mol. The minimum absolute atomic E-state index is 0.00986. The fourth-order valence-corrected chi connectivity index (χ4v) is 1.38. The fraction of sp³-hybridized carbons (Fsp3) is 0.455. The van der Waals surface area contributed by atoms with Crippen molar-refractivity contribution in [2.75, 3.05) is 20.6 Å². The van der Waals surface area contributed by atoms with E-state index in [-0.39, 0.29) is 5.56 Å². The summed E-state index contributed by atoms with van der Waals surface area (Å²) < 4.78 is 26.5. The van der Waals surface area contributed by atoms with Crippen LogP contribution in [0.15, 0.2) is 24.3 Å². The normalized spacial score (nSPS) is 12.1. The molecule has 1 rings (SSSR count). The van der Waals surface area contributed by atoms with E-state index in [1.807, 2.05) is 25.1 Å². The number of halogens is 2. The van der Waals surface area contributed by atoms with E-state index in [0.717, 1.165) is 5.56 Å². The van der Waals surface area contributed by atoms with Gasteiger partial charge in [-0.1, -0.05) is 18.2 Å². The first-order valence-electron chi connectivity index (χ1n) is 4.78. The van der Waals surface area contributed by atoms with E-state index in [4.69, 9.17) is 5.73 Å². The number of benzene rings is 1. The van der Waals surface area contributed by atoms with Crippen LogP contribution in [0.4, 0.5) is 8.78 Å². The molecule has 2 nitrogen and oxygen atoms in total.